The standard InChI is InChI=1S/C18H12FN5O/c19-17-6-5-13(9-22-17)23-11-24(15(7-20)18(23)25)16-10-21-8-12-3-1-2-4-14(12)16/h1-6,8-10,15H,11H2. The normalized spacial score (nSPS) is 17.1. The van der Waals surface area contributed by atoms with E-state index in [2.05, 4.69) is 16.0 Å². The van der Waals surface area contributed by atoms with Gasteiger partial charge in [0.15, 0.2) is 6.04 Å². The van der Waals surface area contributed by atoms with Gasteiger partial charge in [-0.15, -0.1) is 0 Å². The summed E-state index contributed by atoms with van der Waals surface area (Å²) in [6.07, 6.45) is 4.67. The molecule has 1 atom stereocenters. The highest BCUT2D eigenvalue weighted by Crippen LogP contribution is 2.32. The van der Waals surface area contributed by atoms with E-state index in [0.717, 1.165) is 10.8 Å². The van der Waals surface area contributed by atoms with Gasteiger partial charge in [-0.05, 0) is 12.1 Å². The molecule has 2 aromatic heterocycles. The molecule has 1 fully saturated rings. The van der Waals surface area contributed by atoms with E-state index < -0.39 is 12.0 Å². The second kappa shape index (κ2) is 5.83. The molecule has 122 valence electrons. The summed E-state index contributed by atoms with van der Waals surface area (Å²) in [6, 6.07) is 11.4. The van der Waals surface area contributed by atoms with Gasteiger partial charge in [-0.3, -0.25) is 14.7 Å². The van der Waals surface area contributed by atoms with Crippen LogP contribution in [-0.4, -0.2) is 28.6 Å². The molecule has 1 saturated heterocycles. The van der Waals surface area contributed by atoms with E-state index in [4.69, 9.17) is 0 Å². The van der Waals surface area contributed by atoms with Crippen LogP contribution in [0.2, 0.25) is 0 Å². The van der Waals surface area contributed by atoms with Crippen LogP contribution in [0.3, 0.4) is 0 Å². The van der Waals surface area contributed by atoms with Crippen molar-refractivity contribution in [3.63, 3.8) is 0 Å². The number of hydrogen-bond acceptors (Lipinski definition) is 5. The van der Waals surface area contributed by atoms with E-state index in [0.29, 0.717) is 11.4 Å². The molecule has 1 aliphatic heterocycles. The monoisotopic (exact) mass is 333 g/mol. The molecule has 1 unspecified atom stereocenters. The number of fused-ring (bicyclic) bond motifs is 1. The molecule has 25 heavy (non-hydrogen) atoms. The topological polar surface area (TPSA) is 73.1 Å². The van der Waals surface area contributed by atoms with Gasteiger partial charge in [0.2, 0.25) is 5.95 Å². The van der Waals surface area contributed by atoms with Crippen molar-refractivity contribution >= 4 is 28.1 Å². The Morgan fingerprint density at radius 1 is 1.16 bits per heavy atom. The average Bonchev–Trinajstić information content (AvgIpc) is 2.98. The Morgan fingerprint density at radius 2 is 2.00 bits per heavy atom. The Hall–Kier alpha value is -3.53. The van der Waals surface area contributed by atoms with Crippen LogP contribution >= 0.6 is 0 Å². The van der Waals surface area contributed by atoms with E-state index in [1.54, 1.807) is 17.3 Å². The first kappa shape index (κ1) is 15.0. The van der Waals surface area contributed by atoms with Gasteiger partial charge in [0, 0.05) is 17.0 Å². The third-order valence-electron chi connectivity index (χ3n) is 4.21. The van der Waals surface area contributed by atoms with E-state index in [-0.39, 0.29) is 12.6 Å². The molecule has 6 nitrogen and oxygen atoms in total. The number of halogens is 1. The summed E-state index contributed by atoms with van der Waals surface area (Å²) in [5.74, 6) is -0.994. The molecule has 0 bridgehead atoms. The highest BCUT2D eigenvalue weighted by Gasteiger charge is 2.40. The van der Waals surface area contributed by atoms with Crippen molar-refractivity contribution in [2.24, 2.45) is 0 Å². The molecule has 0 radical (unpaired) electrons. The maximum atomic E-state index is 13.0. The second-order valence-electron chi connectivity index (χ2n) is 5.63. The number of carbonyl (C=O) groups is 1. The summed E-state index contributed by atoms with van der Waals surface area (Å²) in [4.78, 5) is 23.6. The first-order valence-electron chi connectivity index (χ1n) is 7.61. The maximum absolute atomic E-state index is 13.0. The van der Waals surface area contributed by atoms with Crippen molar-refractivity contribution in [1.29, 1.82) is 5.26 Å². The molecule has 0 saturated carbocycles. The lowest BCUT2D eigenvalue weighted by Gasteiger charge is -2.21. The summed E-state index contributed by atoms with van der Waals surface area (Å²) >= 11 is 0. The number of nitrogens with zero attached hydrogens (tertiary/aromatic N) is 5. The average molecular weight is 333 g/mol. The van der Waals surface area contributed by atoms with E-state index >= 15 is 0 Å². The van der Waals surface area contributed by atoms with E-state index in [1.165, 1.54) is 23.2 Å². The summed E-state index contributed by atoms with van der Waals surface area (Å²) in [6.45, 7) is 0.167. The Bertz CT molecular complexity index is 993. The predicted octanol–water partition coefficient (Wildman–Crippen LogP) is 2.47. The molecular formula is C18H12FN5O. The van der Waals surface area contributed by atoms with Gasteiger partial charge in [0.05, 0.1) is 36.5 Å². The van der Waals surface area contributed by atoms with Crippen molar-refractivity contribution in [3.05, 3.63) is 60.9 Å². The van der Waals surface area contributed by atoms with Gasteiger partial charge >= 0.3 is 0 Å². The Morgan fingerprint density at radius 3 is 2.76 bits per heavy atom. The predicted molar refractivity (Wildman–Crippen MR) is 90.2 cm³/mol. The highest BCUT2D eigenvalue weighted by molar-refractivity contribution is 6.06. The van der Waals surface area contributed by atoms with Crippen molar-refractivity contribution in [1.82, 2.24) is 9.97 Å². The summed E-state index contributed by atoms with van der Waals surface area (Å²) < 4.78 is 13.0. The largest absolute Gasteiger partial charge is 0.328 e. The lowest BCUT2D eigenvalue weighted by molar-refractivity contribution is -0.117. The minimum atomic E-state index is -0.974. The van der Waals surface area contributed by atoms with Crippen LogP contribution in [0.25, 0.3) is 10.8 Å². The first-order chi connectivity index (χ1) is 12.2. The lowest BCUT2D eigenvalue weighted by atomic mass is 10.1. The van der Waals surface area contributed by atoms with Gasteiger partial charge in [0.25, 0.3) is 5.91 Å². The fraction of sp³-hybridized carbons (Fsp3) is 0.111. The number of amides is 1. The molecule has 3 heterocycles. The van der Waals surface area contributed by atoms with Gasteiger partial charge in [-0.1, -0.05) is 24.3 Å². The van der Waals surface area contributed by atoms with Crippen LogP contribution in [0, 0.1) is 17.3 Å². The van der Waals surface area contributed by atoms with Crippen LogP contribution in [0.4, 0.5) is 15.8 Å². The quantitative estimate of drug-likeness (QED) is 0.674. The molecular weight excluding hydrogens is 321 g/mol. The number of aromatic nitrogens is 2. The number of benzene rings is 1. The van der Waals surface area contributed by atoms with Crippen LogP contribution in [0.5, 0.6) is 0 Å². The van der Waals surface area contributed by atoms with Gasteiger partial charge < -0.3 is 4.90 Å². The minimum absolute atomic E-state index is 0.167. The fourth-order valence-corrected chi connectivity index (χ4v) is 2.99. The minimum Gasteiger partial charge on any atom is -0.328 e. The zero-order valence-corrected chi connectivity index (χ0v) is 13.0. The van der Waals surface area contributed by atoms with Crippen LogP contribution in [-0.2, 0) is 4.79 Å². The van der Waals surface area contributed by atoms with E-state index in [1.807, 2.05) is 24.3 Å². The van der Waals surface area contributed by atoms with Crippen LogP contribution < -0.4 is 9.80 Å². The molecule has 7 heteroatoms. The summed E-state index contributed by atoms with van der Waals surface area (Å²) in [5, 5.41) is 11.3. The number of pyridine rings is 2. The first-order valence-corrected chi connectivity index (χ1v) is 7.61. The summed E-state index contributed by atoms with van der Waals surface area (Å²) in [5.41, 5.74) is 1.15. The molecule has 0 spiro atoms. The number of rotatable bonds is 2. The molecule has 1 aliphatic rings. The SMILES string of the molecule is N#CC1C(=O)N(c2ccc(F)nc2)CN1c1cncc2ccccc12. The molecule has 0 N–H and O–H groups in total. The third kappa shape index (κ3) is 2.44. The number of carbonyl (C=O) groups excluding carboxylic acids is 1. The van der Waals surface area contributed by atoms with E-state index in [9.17, 15) is 14.4 Å². The van der Waals surface area contributed by atoms with Crippen LogP contribution in [0.15, 0.2) is 55.0 Å². The Balaban J connectivity index is 1.78. The maximum Gasteiger partial charge on any atom is 0.266 e. The van der Waals surface area contributed by atoms with Crippen molar-refractivity contribution in [3.8, 4) is 6.07 Å². The molecule has 3 aromatic rings. The highest BCUT2D eigenvalue weighted by atomic mass is 19.1. The second-order valence-corrected chi connectivity index (χ2v) is 5.63. The Labute approximate surface area is 142 Å². The zero-order chi connectivity index (χ0) is 17.4. The number of nitriles is 1. The van der Waals surface area contributed by atoms with Crippen LogP contribution in [0.1, 0.15) is 0 Å². The summed E-state index contributed by atoms with van der Waals surface area (Å²) in [7, 11) is 0. The van der Waals surface area contributed by atoms with Gasteiger partial charge in [-0.25, -0.2) is 4.98 Å². The number of hydrogen-bond donors (Lipinski definition) is 0. The van der Waals surface area contributed by atoms with Gasteiger partial charge in [-0.2, -0.15) is 9.65 Å². The van der Waals surface area contributed by atoms with Crippen molar-refractivity contribution in [2.45, 2.75) is 6.04 Å². The Kier molecular flexibility index (Phi) is 3.51. The zero-order valence-electron chi connectivity index (χ0n) is 13.0. The third-order valence-corrected chi connectivity index (χ3v) is 4.21. The van der Waals surface area contributed by atoms with Gasteiger partial charge in [0.1, 0.15) is 0 Å². The molecule has 4 rings (SSSR count). The fourth-order valence-electron chi connectivity index (χ4n) is 2.99. The molecule has 0 aliphatic carbocycles. The number of anilines is 2. The molecule has 1 aromatic carbocycles. The van der Waals surface area contributed by atoms with Crippen molar-refractivity contribution < 1.29 is 9.18 Å². The van der Waals surface area contributed by atoms with Crippen molar-refractivity contribution in [2.75, 3.05) is 16.5 Å². The smallest absolute Gasteiger partial charge is 0.266 e. The lowest BCUT2D eigenvalue weighted by Crippen LogP contribution is -2.32. The molecule has 1 amide bonds.